The first-order valence-electron chi connectivity index (χ1n) is 12.8. The molecular weight excluding hydrogens is 627 g/mol. The number of aliphatic carboxylic acids is 1. The Morgan fingerprint density at radius 1 is 0.837 bits per heavy atom. The van der Waals surface area contributed by atoms with E-state index in [0.717, 1.165) is 22.7 Å². The molecule has 0 bridgehead atoms. The van der Waals surface area contributed by atoms with Crippen molar-refractivity contribution < 1.29 is 51.8 Å². The summed E-state index contributed by atoms with van der Waals surface area (Å²) in [7, 11) is 2.71. The Balaban J connectivity index is 1.46. The van der Waals surface area contributed by atoms with Crippen molar-refractivity contribution in [2.45, 2.75) is 26.7 Å². The molecule has 14 heteroatoms. The number of ether oxygens (including phenoxy) is 4. The summed E-state index contributed by atoms with van der Waals surface area (Å²) < 4.78 is 62.6. The van der Waals surface area contributed by atoms with Gasteiger partial charge in [-0.1, -0.05) is 0 Å². The molecule has 0 atom stereocenters. The number of thiophene rings is 2. The van der Waals surface area contributed by atoms with Crippen molar-refractivity contribution >= 4 is 72.4 Å². The maximum atomic E-state index is 15.5. The Kier molecular flexibility index (Phi) is 10.2. The molecule has 0 saturated carbocycles. The lowest BCUT2D eigenvalue weighted by atomic mass is 9.87. The minimum Gasteiger partial charge on any atom is -0.493 e. The molecule has 230 valence electrons. The number of carbonyl (C=O) groups excluding carboxylic acids is 2. The topological polar surface area (TPSA) is 129 Å². The van der Waals surface area contributed by atoms with E-state index in [0.29, 0.717) is 26.3 Å². The van der Waals surface area contributed by atoms with Crippen LogP contribution in [0.4, 0.5) is 8.78 Å². The quantitative estimate of drug-likeness (QED) is 0.0764. The molecule has 0 spiro atoms. The number of halogens is 2. The fourth-order valence-corrected chi connectivity index (χ4v) is 6.56. The number of ketones is 2. The van der Waals surface area contributed by atoms with Crippen LogP contribution in [0.3, 0.4) is 0 Å². The van der Waals surface area contributed by atoms with E-state index < -0.39 is 28.8 Å². The average Bonchev–Trinajstić information content (AvgIpc) is 3.59. The van der Waals surface area contributed by atoms with Gasteiger partial charge in [0, 0.05) is 45.1 Å². The van der Waals surface area contributed by atoms with Crippen molar-refractivity contribution in [3.8, 4) is 23.0 Å². The van der Waals surface area contributed by atoms with Crippen molar-refractivity contribution in [1.82, 2.24) is 0 Å². The number of carboxylic acids is 1. The Bertz CT molecular complexity index is 1690. The van der Waals surface area contributed by atoms with Gasteiger partial charge in [0.2, 0.25) is 0 Å². The average molecular weight is 655 g/mol. The molecule has 0 aliphatic carbocycles. The molecule has 0 aliphatic heterocycles. The molecule has 0 unspecified atom stereocenters. The van der Waals surface area contributed by atoms with Gasteiger partial charge in [0.15, 0.2) is 46.2 Å². The highest BCUT2D eigenvalue weighted by Crippen LogP contribution is 2.42. The van der Waals surface area contributed by atoms with Gasteiger partial charge in [0.25, 0.3) is 0 Å². The van der Waals surface area contributed by atoms with Gasteiger partial charge in [-0.3, -0.25) is 14.4 Å². The molecule has 9 nitrogen and oxygen atoms in total. The molecular formula is C29H28F2O9S3. The van der Waals surface area contributed by atoms with E-state index in [1.54, 1.807) is 12.1 Å². The summed E-state index contributed by atoms with van der Waals surface area (Å²) in [5.41, 5.74) is -1.27. The molecule has 2 aromatic heterocycles. The molecule has 43 heavy (non-hydrogen) atoms. The van der Waals surface area contributed by atoms with Crippen LogP contribution < -0.4 is 18.9 Å². The standard InChI is InChI=1S/C29H28F2O9S3/c1-29(2,28(34)35)12-16(32)22-8-14-20(42-22)10-18(37-3)26(24(14)30)39-6-5-7-40-27-19(38-4)11-21-15(25(27)31)9-23(43-21)17(33)13-41-36/h8-11,36H,5-7,12-13H2,1-4H3,(H,34,35). The van der Waals surface area contributed by atoms with Crippen molar-refractivity contribution in [3.63, 3.8) is 0 Å². The summed E-state index contributed by atoms with van der Waals surface area (Å²) in [5.74, 6) is -3.50. The van der Waals surface area contributed by atoms with Gasteiger partial charge in [0.05, 0.1) is 48.4 Å². The van der Waals surface area contributed by atoms with Gasteiger partial charge >= 0.3 is 5.97 Å². The Morgan fingerprint density at radius 3 is 1.72 bits per heavy atom. The highest BCUT2D eigenvalue weighted by atomic mass is 32.2. The number of hydrogen-bond acceptors (Lipinski definition) is 11. The van der Waals surface area contributed by atoms with Crippen LogP contribution in [0.2, 0.25) is 0 Å². The van der Waals surface area contributed by atoms with Crippen LogP contribution in [0.5, 0.6) is 23.0 Å². The molecule has 0 saturated heterocycles. The van der Waals surface area contributed by atoms with E-state index >= 15 is 8.78 Å². The number of hydrogen-bond donors (Lipinski definition) is 2. The fraction of sp³-hybridized carbons (Fsp3) is 0.345. The fourth-order valence-electron chi connectivity index (χ4n) is 4.15. The summed E-state index contributed by atoms with van der Waals surface area (Å²) in [4.78, 5) is 36.8. The lowest BCUT2D eigenvalue weighted by Crippen LogP contribution is -2.26. The van der Waals surface area contributed by atoms with Crippen LogP contribution in [0.1, 0.15) is 46.0 Å². The summed E-state index contributed by atoms with van der Waals surface area (Å²) in [6.45, 7) is 2.86. The first kappa shape index (κ1) is 32.5. The minimum atomic E-state index is -1.27. The van der Waals surface area contributed by atoms with Gasteiger partial charge in [-0.25, -0.2) is 8.78 Å². The van der Waals surface area contributed by atoms with E-state index in [1.165, 1.54) is 40.2 Å². The molecule has 2 N–H and O–H groups in total. The van der Waals surface area contributed by atoms with Gasteiger partial charge < -0.3 is 28.6 Å². The van der Waals surface area contributed by atoms with E-state index in [1.807, 2.05) is 0 Å². The highest BCUT2D eigenvalue weighted by Gasteiger charge is 2.31. The molecule has 4 aromatic rings. The van der Waals surface area contributed by atoms with Crippen molar-refractivity contribution in [3.05, 3.63) is 45.7 Å². The minimum absolute atomic E-state index is 0.0154. The van der Waals surface area contributed by atoms with E-state index in [4.69, 9.17) is 23.5 Å². The molecule has 0 amide bonds. The number of Topliss-reactive ketones (excluding diaryl/α,β-unsaturated/α-hetero) is 2. The molecule has 4 rings (SSSR count). The molecule has 0 aliphatic rings. The van der Waals surface area contributed by atoms with Crippen LogP contribution in [0, 0.1) is 17.0 Å². The summed E-state index contributed by atoms with van der Waals surface area (Å²) in [5, 5.41) is 9.66. The second-order valence-electron chi connectivity index (χ2n) is 10.0. The summed E-state index contributed by atoms with van der Waals surface area (Å²) in [6.07, 6.45) is -0.0237. The first-order valence-corrected chi connectivity index (χ1v) is 15.4. The molecule has 0 fully saturated rings. The van der Waals surface area contributed by atoms with Crippen LogP contribution in [-0.4, -0.2) is 60.4 Å². The predicted octanol–water partition coefficient (Wildman–Crippen LogP) is 7.33. The summed E-state index contributed by atoms with van der Waals surface area (Å²) in [6, 6.07) is 5.89. The molecule has 2 heterocycles. The number of fused-ring (bicyclic) bond motifs is 2. The van der Waals surface area contributed by atoms with Gasteiger partial charge in [-0.2, -0.15) is 0 Å². The number of benzene rings is 2. The van der Waals surface area contributed by atoms with Crippen LogP contribution in [-0.2, 0) is 4.79 Å². The third-order valence-electron chi connectivity index (χ3n) is 6.51. The second-order valence-corrected chi connectivity index (χ2v) is 12.7. The third-order valence-corrected chi connectivity index (χ3v) is 9.15. The maximum Gasteiger partial charge on any atom is 0.309 e. The smallest absolute Gasteiger partial charge is 0.309 e. The number of rotatable bonds is 15. The predicted molar refractivity (Wildman–Crippen MR) is 162 cm³/mol. The maximum absolute atomic E-state index is 15.5. The lowest BCUT2D eigenvalue weighted by molar-refractivity contribution is -0.146. The first-order chi connectivity index (χ1) is 20.4. The van der Waals surface area contributed by atoms with E-state index in [-0.39, 0.29) is 76.2 Å². The summed E-state index contributed by atoms with van der Waals surface area (Å²) >= 11 is 2.51. The highest BCUT2D eigenvalue weighted by molar-refractivity contribution is 7.94. The van der Waals surface area contributed by atoms with Gasteiger partial charge in [-0.05, 0) is 38.0 Å². The van der Waals surface area contributed by atoms with Crippen molar-refractivity contribution in [2.24, 2.45) is 5.41 Å². The van der Waals surface area contributed by atoms with Crippen LogP contribution in [0.15, 0.2) is 24.3 Å². The van der Waals surface area contributed by atoms with Crippen LogP contribution in [0.25, 0.3) is 20.2 Å². The van der Waals surface area contributed by atoms with Crippen molar-refractivity contribution in [1.29, 1.82) is 0 Å². The molecule has 0 radical (unpaired) electrons. The number of carboxylic acid groups (broad SMARTS) is 1. The third kappa shape index (κ3) is 6.87. The van der Waals surface area contributed by atoms with Gasteiger partial charge in [0.1, 0.15) is 0 Å². The Morgan fingerprint density at radius 2 is 1.30 bits per heavy atom. The lowest BCUT2D eigenvalue weighted by Gasteiger charge is -2.16. The normalized spacial score (nSPS) is 11.6. The SMILES string of the molecule is COc1cc2sc(C(=O)CSO)cc2c(F)c1OCCCOc1c(OC)cc2sc(C(=O)CC(C)(C)C(=O)O)cc2c1F. The monoisotopic (exact) mass is 654 g/mol. The largest absolute Gasteiger partial charge is 0.493 e. The number of methoxy groups -OCH3 is 2. The Hall–Kier alpha value is -3.46. The Labute approximate surface area is 257 Å². The zero-order chi connectivity index (χ0) is 31.5. The molecule has 2 aromatic carbocycles. The van der Waals surface area contributed by atoms with E-state index in [9.17, 15) is 19.5 Å². The zero-order valence-electron chi connectivity index (χ0n) is 23.6. The van der Waals surface area contributed by atoms with Crippen LogP contribution >= 0.6 is 34.7 Å². The number of carbonyl (C=O) groups is 3. The second kappa shape index (κ2) is 13.5. The van der Waals surface area contributed by atoms with E-state index in [2.05, 4.69) is 0 Å². The van der Waals surface area contributed by atoms with Gasteiger partial charge in [-0.15, -0.1) is 22.7 Å². The zero-order valence-corrected chi connectivity index (χ0v) is 26.0. The van der Waals surface area contributed by atoms with Crippen molar-refractivity contribution in [2.75, 3.05) is 33.2 Å².